The predicted molar refractivity (Wildman–Crippen MR) is 117 cm³/mol. The first-order valence-corrected chi connectivity index (χ1v) is 8.63. The Morgan fingerprint density at radius 1 is 1.26 bits per heavy atom. The van der Waals surface area contributed by atoms with E-state index in [-0.39, 0.29) is 42.2 Å². The Morgan fingerprint density at radius 3 is 2.78 bits per heavy atom. The molecule has 0 bridgehead atoms. The lowest BCUT2D eigenvalue weighted by molar-refractivity contribution is -0.117. The van der Waals surface area contributed by atoms with Crippen molar-refractivity contribution in [3.05, 3.63) is 65.5 Å². The van der Waals surface area contributed by atoms with Crippen molar-refractivity contribution in [3.8, 4) is 0 Å². The number of hydrogen-bond donors (Lipinski definition) is 1. The molecule has 1 aliphatic heterocycles. The number of fused-ring (bicyclic) bond motifs is 1. The van der Waals surface area contributed by atoms with E-state index in [4.69, 9.17) is 0 Å². The fraction of sp³-hybridized carbons (Fsp3) is 0.300. The normalized spacial score (nSPS) is 13.0. The second-order valence-electron chi connectivity index (χ2n) is 6.31. The van der Waals surface area contributed by atoms with E-state index in [9.17, 15) is 9.18 Å². The van der Waals surface area contributed by atoms with Gasteiger partial charge in [0.15, 0.2) is 5.96 Å². The molecule has 0 radical (unpaired) electrons. The highest BCUT2D eigenvalue weighted by Crippen LogP contribution is 2.27. The van der Waals surface area contributed by atoms with Crippen LogP contribution in [0.25, 0.3) is 0 Å². The van der Waals surface area contributed by atoms with Crippen molar-refractivity contribution < 1.29 is 9.18 Å². The SMILES string of the molecule is CN=C(NCC(=O)N1CCc2ccccc21)N(C)Cc1cccc(F)c1.I. The molecular weight excluding hydrogens is 458 g/mol. The summed E-state index contributed by atoms with van der Waals surface area (Å²) in [6, 6.07) is 14.4. The number of carbonyl (C=O) groups excluding carboxylic acids is 1. The number of nitrogens with zero attached hydrogens (tertiary/aromatic N) is 3. The summed E-state index contributed by atoms with van der Waals surface area (Å²) >= 11 is 0. The minimum atomic E-state index is -0.262. The molecular formula is C20H24FIN4O. The molecule has 1 aliphatic rings. The largest absolute Gasteiger partial charge is 0.347 e. The Bertz CT molecular complexity index is 827. The van der Waals surface area contributed by atoms with Crippen molar-refractivity contribution in [1.82, 2.24) is 10.2 Å². The first kappa shape index (κ1) is 21.1. The quantitative estimate of drug-likeness (QED) is 0.414. The average molecular weight is 482 g/mol. The maximum atomic E-state index is 13.3. The minimum Gasteiger partial charge on any atom is -0.347 e. The lowest BCUT2D eigenvalue weighted by Gasteiger charge is -2.23. The number of amides is 1. The second kappa shape index (κ2) is 9.68. The zero-order valence-electron chi connectivity index (χ0n) is 15.5. The summed E-state index contributed by atoms with van der Waals surface area (Å²) in [5.74, 6) is 0.340. The topological polar surface area (TPSA) is 47.9 Å². The first-order valence-electron chi connectivity index (χ1n) is 8.63. The van der Waals surface area contributed by atoms with Crippen molar-refractivity contribution in [2.75, 3.05) is 32.1 Å². The van der Waals surface area contributed by atoms with Gasteiger partial charge in [0.25, 0.3) is 0 Å². The molecule has 144 valence electrons. The Balaban J connectivity index is 0.00000261. The highest BCUT2D eigenvalue weighted by molar-refractivity contribution is 14.0. The Kier molecular flexibility index (Phi) is 7.58. The van der Waals surface area contributed by atoms with Crippen LogP contribution in [0.2, 0.25) is 0 Å². The van der Waals surface area contributed by atoms with Gasteiger partial charge in [-0.15, -0.1) is 24.0 Å². The number of nitrogens with one attached hydrogen (secondary N) is 1. The number of guanidine groups is 1. The van der Waals surface area contributed by atoms with Crippen molar-refractivity contribution in [1.29, 1.82) is 0 Å². The van der Waals surface area contributed by atoms with Gasteiger partial charge in [-0.2, -0.15) is 0 Å². The lowest BCUT2D eigenvalue weighted by Crippen LogP contribution is -2.44. The van der Waals surface area contributed by atoms with E-state index in [0.29, 0.717) is 19.0 Å². The lowest BCUT2D eigenvalue weighted by atomic mass is 10.2. The van der Waals surface area contributed by atoms with Crippen LogP contribution in [-0.2, 0) is 17.8 Å². The zero-order chi connectivity index (χ0) is 18.5. The Hall–Kier alpha value is -2.16. The van der Waals surface area contributed by atoms with Gasteiger partial charge in [0.05, 0.1) is 6.54 Å². The van der Waals surface area contributed by atoms with E-state index in [1.165, 1.54) is 17.7 Å². The molecule has 1 N–H and O–H groups in total. The van der Waals surface area contributed by atoms with Crippen LogP contribution in [-0.4, -0.2) is 44.0 Å². The molecule has 27 heavy (non-hydrogen) atoms. The molecule has 2 aromatic carbocycles. The second-order valence-corrected chi connectivity index (χ2v) is 6.31. The van der Waals surface area contributed by atoms with Gasteiger partial charge in [-0.1, -0.05) is 30.3 Å². The van der Waals surface area contributed by atoms with Gasteiger partial charge >= 0.3 is 0 Å². The van der Waals surface area contributed by atoms with Crippen LogP contribution >= 0.6 is 24.0 Å². The third-order valence-electron chi connectivity index (χ3n) is 4.47. The summed E-state index contributed by atoms with van der Waals surface area (Å²) in [5.41, 5.74) is 3.03. The molecule has 0 spiro atoms. The Labute approximate surface area is 176 Å². The molecule has 5 nitrogen and oxygen atoms in total. The van der Waals surface area contributed by atoms with E-state index in [1.807, 2.05) is 41.1 Å². The molecule has 0 aromatic heterocycles. The van der Waals surface area contributed by atoms with Gasteiger partial charge in [0, 0.05) is 32.9 Å². The number of anilines is 1. The van der Waals surface area contributed by atoms with Crippen molar-refractivity contribution in [2.24, 2.45) is 4.99 Å². The maximum absolute atomic E-state index is 13.3. The fourth-order valence-corrected chi connectivity index (χ4v) is 3.22. The fourth-order valence-electron chi connectivity index (χ4n) is 3.22. The predicted octanol–water partition coefficient (Wildman–Crippen LogP) is 3.04. The summed E-state index contributed by atoms with van der Waals surface area (Å²) in [6.07, 6.45) is 0.885. The summed E-state index contributed by atoms with van der Waals surface area (Å²) in [5, 5.41) is 3.10. The third-order valence-corrected chi connectivity index (χ3v) is 4.47. The minimum absolute atomic E-state index is 0. The molecule has 0 aliphatic carbocycles. The number of carbonyl (C=O) groups is 1. The number of hydrogen-bond acceptors (Lipinski definition) is 2. The van der Waals surface area contributed by atoms with Crippen LogP contribution in [0.5, 0.6) is 0 Å². The van der Waals surface area contributed by atoms with Gasteiger partial charge in [0.1, 0.15) is 5.82 Å². The standard InChI is InChI=1S/C20H23FN4O.HI/c1-22-20(24(2)14-15-6-5-8-17(21)12-15)23-13-19(26)25-11-10-16-7-3-4-9-18(16)25;/h3-9,12H,10-11,13-14H2,1-2H3,(H,22,23);1H. The van der Waals surface area contributed by atoms with Gasteiger partial charge < -0.3 is 15.1 Å². The molecule has 0 atom stereocenters. The van der Waals surface area contributed by atoms with Crippen molar-refractivity contribution >= 4 is 41.5 Å². The van der Waals surface area contributed by atoms with Crippen LogP contribution in [0, 0.1) is 5.82 Å². The molecule has 1 heterocycles. The van der Waals surface area contributed by atoms with Gasteiger partial charge in [0.2, 0.25) is 5.91 Å². The molecule has 0 fully saturated rings. The maximum Gasteiger partial charge on any atom is 0.246 e. The number of rotatable bonds is 4. The number of benzene rings is 2. The monoisotopic (exact) mass is 482 g/mol. The number of aliphatic imine (C=N–C) groups is 1. The molecule has 2 aromatic rings. The summed E-state index contributed by atoms with van der Waals surface area (Å²) in [7, 11) is 3.52. The van der Waals surface area contributed by atoms with E-state index in [1.54, 1.807) is 13.1 Å². The van der Waals surface area contributed by atoms with Crippen LogP contribution in [0.4, 0.5) is 10.1 Å². The summed E-state index contributed by atoms with van der Waals surface area (Å²) in [6.45, 7) is 1.37. The smallest absolute Gasteiger partial charge is 0.246 e. The average Bonchev–Trinajstić information content (AvgIpc) is 3.06. The van der Waals surface area contributed by atoms with E-state index in [2.05, 4.69) is 16.4 Å². The van der Waals surface area contributed by atoms with E-state index < -0.39 is 0 Å². The molecule has 0 unspecified atom stereocenters. The molecule has 0 saturated carbocycles. The third kappa shape index (κ3) is 5.18. The van der Waals surface area contributed by atoms with Crippen molar-refractivity contribution in [2.45, 2.75) is 13.0 Å². The Morgan fingerprint density at radius 2 is 2.04 bits per heavy atom. The number of para-hydroxylation sites is 1. The highest BCUT2D eigenvalue weighted by Gasteiger charge is 2.24. The van der Waals surface area contributed by atoms with Gasteiger partial charge in [-0.25, -0.2) is 4.39 Å². The van der Waals surface area contributed by atoms with Crippen LogP contribution < -0.4 is 10.2 Å². The van der Waals surface area contributed by atoms with Gasteiger partial charge in [-0.3, -0.25) is 9.79 Å². The van der Waals surface area contributed by atoms with Crippen LogP contribution in [0.3, 0.4) is 0 Å². The van der Waals surface area contributed by atoms with Crippen LogP contribution in [0.1, 0.15) is 11.1 Å². The summed E-state index contributed by atoms with van der Waals surface area (Å²) in [4.78, 5) is 20.5. The van der Waals surface area contributed by atoms with E-state index in [0.717, 1.165) is 17.7 Å². The van der Waals surface area contributed by atoms with Gasteiger partial charge in [-0.05, 0) is 35.7 Å². The highest BCUT2D eigenvalue weighted by atomic mass is 127. The molecule has 1 amide bonds. The molecule has 0 saturated heterocycles. The van der Waals surface area contributed by atoms with Crippen LogP contribution in [0.15, 0.2) is 53.5 Å². The van der Waals surface area contributed by atoms with Crippen molar-refractivity contribution in [3.63, 3.8) is 0 Å². The zero-order valence-corrected chi connectivity index (χ0v) is 17.8. The first-order chi connectivity index (χ1) is 12.6. The molecule has 7 heteroatoms. The van der Waals surface area contributed by atoms with E-state index >= 15 is 0 Å². The molecule has 3 rings (SSSR count). The number of halogens is 2. The summed E-state index contributed by atoms with van der Waals surface area (Å²) < 4.78 is 13.3.